The summed E-state index contributed by atoms with van der Waals surface area (Å²) in [5.41, 5.74) is 1.83. The molecule has 1 heterocycles. The molecule has 0 aliphatic carbocycles. The van der Waals surface area contributed by atoms with E-state index in [1.165, 1.54) is 4.31 Å². The van der Waals surface area contributed by atoms with E-state index in [0.29, 0.717) is 6.54 Å². The topological polar surface area (TPSA) is 119 Å². The van der Waals surface area contributed by atoms with Crippen LogP contribution in [0, 0.1) is 16.0 Å². The number of hydrogen-bond acceptors (Lipinski definition) is 7. The Morgan fingerprint density at radius 3 is 2.33 bits per heavy atom. The highest BCUT2D eigenvalue weighted by molar-refractivity contribution is 7.91. The van der Waals surface area contributed by atoms with Gasteiger partial charge in [-0.1, -0.05) is 25.2 Å². The lowest BCUT2D eigenvalue weighted by Crippen LogP contribution is -2.39. The average molecular weight is 336 g/mol. The van der Waals surface area contributed by atoms with Crippen molar-refractivity contribution >= 4 is 32.0 Å². The van der Waals surface area contributed by atoms with Crippen molar-refractivity contribution in [2.24, 2.45) is 11.8 Å². The van der Waals surface area contributed by atoms with Crippen molar-refractivity contribution in [2.45, 2.75) is 37.9 Å². The fourth-order valence-electron chi connectivity index (χ4n) is 1.79. The molecule has 1 rings (SSSR count). The third-order valence-electron chi connectivity index (χ3n) is 2.70. The second kappa shape index (κ2) is 6.69. The minimum atomic E-state index is -3.79. The maximum atomic E-state index is 12.7. The normalized spacial score (nSPS) is 12.4. The summed E-state index contributed by atoms with van der Waals surface area (Å²) < 4.78 is 26.6. The van der Waals surface area contributed by atoms with Crippen LogP contribution in [0.5, 0.6) is 0 Å². The number of nitro groups is 1. The van der Waals surface area contributed by atoms with Crippen LogP contribution in [0.2, 0.25) is 0 Å². The van der Waals surface area contributed by atoms with E-state index in [4.69, 9.17) is 5.84 Å². The van der Waals surface area contributed by atoms with Crippen LogP contribution < -0.4 is 11.3 Å². The highest BCUT2D eigenvalue weighted by Gasteiger charge is 2.32. The van der Waals surface area contributed by atoms with Crippen LogP contribution in [0.25, 0.3) is 0 Å². The molecule has 0 aromatic carbocycles. The Bertz CT molecular complexity index is 610. The fraction of sp³-hybridized carbons (Fsp3) is 0.636. The monoisotopic (exact) mass is 336 g/mol. The van der Waals surface area contributed by atoms with Crippen LogP contribution in [0.4, 0.5) is 10.7 Å². The molecule has 0 atom stereocenters. The smallest absolute Gasteiger partial charge is 0.306 e. The van der Waals surface area contributed by atoms with Crippen molar-refractivity contribution in [2.75, 3.05) is 12.0 Å². The molecule has 3 N–H and O–H groups in total. The number of nitrogen functional groups attached to an aromatic ring is 1. The van der Waals surface area contributed by atoms with Crippen LogP contribution in [-0.4, -0.2) is 30.2 Å². The molecule has 0 aliphatic heterocycles. The van der Waals surface area contributed by atoms with Gasteiger partial charge in [-0.15, -0.1) is 0 Å². The summed E-state index contributed by atoms with van der Waals surface area (Å²) in [5.74, 6) is 5.35. The van der Waals surface area contributed by atoms with Gasteiger partial charge in [-0.3, -0.25) is 10.1 Å². The summed E-state index contributed by atoms with van der Waals surface area (Å²) in [6.45, 7) is 7.70. The minimum absolute atomic E-state index is 0.0202. The number of thiophene rings is 1. The molecule has 21 heavy (non-hydrogen) atoms. The van der Waals surface area contributed by atoms with Gasteiger partial charge in [0.25, 0.3) is 10.0 Å². The first-order valence-corrected chi connectivity index (χ1v) is 8.63. The molecule has 0 saturated heterocycles. The van der Waals surface area contributed by atoms with E-state index in [0.717, 1.165) is 17.4 Å². The van der Waals surface area contributed by atoms with E-state index in [2.05, 4.69) is 5.43 Å². The molecule has 120 valence electrons. The Morgan fingerprint density at radius 1 is 1.43 bits per heavy atom. The summed E-state index contributed by atoms with van der Waals surface area (Å²) in [7, 11) is -3.79. The lowest BCUT2D eigenvalue weighted by atomic mass is 10.2. The van der Waals surface area contributed by atoms with Crippen molar-refractivity contribution in [1.29, 1.82) is 0 Å². The molecule has 0 fully saturated rings. The third-order valence-corrected chi connectivity index (χ3v) is 6.25. The molecule has 8 nitrogen and oxygen atoms in total. The highest BCUT2D eigenvalue weighted by atomic mass is 32.2. The SMILES string of the molecule is CC(C)CN(C(C)C)S(=O)(=O)c1cc([N+](=O)[O-])c(NN)s1. The molecule has 1 aromatic rings. The molecule has 10 heteroatoms. The van der Waals surface area contributed by atoms with Gasteiger partial charge < -0.3 is 5.43 Å². The number of nitrogens with two attached hydrogens (primary N) is 1. The second-order valence-electron chi connectivity index (χ2n) is 5.24. The van der Waals surface area contributed by atoms with E-state index in [-0.39, 0.29) is 26.9 Å². The first kappa shape index (κ1) is 17.8. The molecule has 0 radical (unpaired) electrons. The Balaban J connectivity index is 3.31. The highest BCUT2D eigenvalue weighted by Crippen LogP contribution is 2.38. The molecule has 0 saturated carbocycles. The lowest BCUT2D eigenvalue weighted by Gasteiger charge is -2.26. The molecule has 0 aliphatic rings. The van der Waals surface area contributed by atoms with Gasteiger partial charge in [0.1, 0.15) is 4.21 Å². The zero-order valence-electron chi connectivity index (χ0n) is 12.4. The zero-order valence-corrected chi connectivity index (χ0v) is 14.0. The number of sulfonamides is 1. The Hall–Kier alpha value is -1.23. The summed E-state index contributed by atoms with van der Waals surface area (Å²) in [5, 5.41) is 10.9. The Morgan fingerprint density at radius 2 is 2.00 bits per heavy atom. The molecule has 0 spiro atoms. The lowest BCUT2D eigenvalue weighted by molar-refractivity contribution is -0.383. The summed E-state index contributed by atoms with van der Waals surface area (Å²) in [4.78, 5) is 10.3. The van der Waals surface area contributed by atoms with Gasteiger partial charge in [0.05, 0.1) is 4.92 Å². The molecule has 0 amide bonds. The standard InChI is InChI=1S/C11H20N4O4S2/c1-7(2)6-14(8(3)4)21(18,19)10-5-9(15(16)17)11(13-12)20-10/h5,7-8,13H,6,12H2,1-4H3. The summed E-state index contributed by atoms with van der Waals surface area (Å²) in [6, 6.07) is 0.804. The summed E-state index contributed by atoms with van der Waals surface area (Å²) in [6.07, 6.45) is 0. The van der Waals surface area contributed by atoms with Gasteiger partial charge >= 0.3 is 5.69 Å². The number of nitrogens with one attached hydrogen (secondary N) is 1. The van der Waals surface area contributed by atoms with Gasteiger partial charge in [-0.05, 0) is 19.8 Å². The summed E-state index contributed by atoms with van der Waals surface area (Å²) >= 11 is 0.760. The number of rotatable bonds is 7. The average Bonchev–Trinajstić information content (AvgIpc) is 2.80. The quantitative estimate of drug-likeness (QED) is 0.446. The van der Waals surface area contributed by atoms with Gasteiger partial charge in [0, 0.05) is 18.7 Å². The molecular formula is C11H20N4O4S2. The van der Waals surface area contributed by atoms with E-state index in [9.17, 15) is 18.5 Å². The predicted octanol–water partition coefficient (Wildman–Crippen LogP) is 2.00. The Labute approximate surface area is 128 Å². The van der Waals surface area contributed by atoms with E-state index >= 15 is 0 Å². The van der Waals surface area contributed by atoms with Crippen LogP contribution >= 0.6 is 11.3 Å². The second-order valence-corrected chi connectivity index (χ2v) is 8.41. The van der Waals surface area contributed by atoms with Crippen molar-refractivity contribution in [3.8, 4) is 0 Å². The molecule has 1 aromatic heterocycles. The van der Waals surface area contributed by atoms with E-state index in [1.807, 2.05) is 13.8 Å². The third kappa shape index (κ3) is 3.90. The maximum absolute atomic E-state index is 12.7. The Kier molecular flexibility index (Phi) is 5.68. The first-order valence-electron chi connectivity index (χ1n) is 6.38. The van der Waals surface area contributed by atoms with Crippen molar-refractivity contribution in [3.63, 3.8) is 0 Å². The van der Waals surface area contributed by atoms with Gasteiger partial charge in [-0.25, -0.2) is 14.3 Å². The van der Waals surface area contributed by atoms with Gasteiger partial charge in [0.2, 0.25) is 0 Å². The van der Waals surface area contributed by atoms with Crippen LogP contribution in [0.1, 0.15) is 27.7 Å². The fourth-order valence-corrected chi connectivity index (χ4v) is 4.96. The van der Waals surface area contributed by atoms with Crippen LogP contribution in [0.3, 0.4) is 0 Å². The van der Waals surface area contributed by atoms with E-state index in [1.54, 1.807) is 13.8 Å². The van der Waals surface area contributed by atoms with Crippen molar-refractivity contribution in [3.05, 3.63) is 16.2 Å². The molecule has 0 unspecified atom stereocenters. The number of anilines is 1. The largest absolute Gasteiger partial charge is 0.310 e. The van der Waals surface area contributed by atoms with Gasteiger partial charge in [-0.2, -0.15) is 4.31 Å². The minimum Gasteiger partial charge on any atom is -0.310 e. The van der Waals surface area contributed by atoms with Crippen molar-refractivity contribution < 1.29 is 13.3 Å². The predicted molar refractivity (Wildman–Crippen MR) is 82.6 cm³/mol. The van der Waals surface area contributed by atoms with Crippen LogP contribution in [-0.2, 0) is 10.0 Å². The van der Waals surface area contributed by atoms with E-state index < -0.39 is 14.9 Å². The number of hydrazine groups is 1. The maximum Gasteiger partial charge on any atom is 0.306 e. The number of nitrogens with zero attached hydrogens (tertiary/aromatic N) is 2. The zero-order chi connectivity index (χ0) is 16.4. The van der Waals surface area contributed by atoms with Gasteiger partial charge in [0.15, 0.2) is 5.00 Å². The number of hydrogen-bond donors (Lipinski definition) is 2. The first-order chi connectivity index (χ1) is 9.61. The molecular weight excluding hydrogens is 316 g/mol. The molecule has 0 bridgehead atoms. The van der Waals surface area contributed by atoms with Crippen LogP contribution in [0.15, 0.2) is 10.3 Å². The van der Waals surface area contributed by atoms with Crippen molar-refractivity contribution in [1.82, 2.24) is 4.31 Å².